The average molecular weight is 485 g/mol. The molecule has 0 aliphatic carbocycles. The van der Waals surface area contributed by atoms with Gasteiger partial charge in [-0.2, -0.15) is 0 Å². The maximum absolute atomic E-state index is 9.76. The number of hydrogen-bond donors (Lipinski definition) is 2. The van der Waals surface area contributed by atoms with Crippen LogP contribution in [0.5, 0.6) is 5.75 Å². The van der Waals surface area contributed by atoms with E-state index in [1.165, 1.54) is 0 Å². The number of methoxy groups -OCH3 is 1. The standard InChI is InChI=1S/C20H27N3O3.HI/c1-25-18-6-4-16(5-7-18)15-22-20(23-12-9-17(24)10-13-23)21-11-8-19-3-2-14-26-19;/h2-7,14,17,24H,8-13,15H2,1H3,(H,21,22);1H. The number of furan rings is 1. The van der Waals surface area contributed by atoms with Crippen molar-refractivity contribution < 1.29 is 14.3 Å². The van der Waals surface area contributed by atoms with E-state index in [1.54, 1.807) is 13.4 Å². The van der Waals surface area contributed by atoms with Crippen LogP contribution >= 0.6 is 24.0 Å². The highest BCUT2D eigenvalue weighted by atomic mass is 127. The van der Waals surface area contributed by atoms with Gasteiger partial charge in [0.25, 0.3) is 0 Å². The molecule has 148 valence electrons. The monoisotopic (exact) mass is 485 g/mol. The molecule has 6 nitrogen and oxygen atoms in total. The molecule has 2 heterocycles. The highest BCUT2D eigenvalue weighted by Crippen LogP contribution is 2.13. The molecular weight excluding hydrogens is 457 g/mol. The fourth-order valence-corrected chi connectivity index (χ4v) is 2.99. The van der Waals surface area contributed by atoms with Crippen molar-refractivity contribution in [2.24, 2.45) is 4.99 Å². The van der Waals surface area contributed by atoms with Gasteiger partial charge in [0.1, 0.15) is 11.5 Å². The number of likely N-dealkylation sites (tertiary alicyclic amines) is 1. The Kier molecular flexibility index (Phi) is 8.93. The molecule has 0 bridgehead atoms. The van der Waals surface area contributed by atoms with Gasteiger partial charge in [0.05, 0.1) is 26.0 Å². The lowest BCUT2D eigenvalue weighted by molar-refractivity contribution is 0.108. The maximum atomic E-state index is 9.76. The van der Waals surface area contributed by atoms with E-state index >= 15 is 0 Å². The molecule has 27 heavy (non-hydrogen) atoms. The molecule has 1 aliphatic heterocycles. The normalized spacial score (nSPS) is 15.3. The Bertz CT molecular complexity index is 681. The first-order valence-electron chi connectivity index (χ1n) is 9.11. The smallest absolute Gasteiger partial charge is 0.194 e. The lowest BCUT2D eigenvalue weighted by Crippen LogP contribution is -2.47. The molecule has 2 N–H and O–H groups in total. The molecule has 7 heteroatoms. The molecule has 2 aromatic rings. The van der Waals surface area contributed by atoms with Gasteiger partial charge in [-0.3, -0.25) is 0 Å². The summed E-state index contributed by atoms with van der Waals surface area (Å²) in [5.74, 6) is 2.69. The highest BCUT2D eigenvalue weighted by molar-refractivity contribution is 14.0. The summed E-state index contributed by atoms with van der Waals surface area (Å²) >= 11 is 0. The van der Waals surface area contributed by atoms with Gasteiger partial charge < -0.3 is 24.5 Å². The van der Waals surface area contributed by atoms with E-state index in [1.807, 2.05) is 36.4 Å². The third-order valence-corrected chi connectivity index (χ3v) is 4.57. The number of ether oxygens (including phenoxy) is 1. The summed E-state index contributed by atoms with van der Waals surface area (Å²) in [4.78, 5) is 7.02. The molecule has 0 spiro atoms. The number of benzene rings is 1. The van der Waals surface area contributed by atoms with Crippen LogP contribution in [0.2, 0.25) is 0 Å². The molecule has 0 unspecified atom stereocenters. The molecular formula is C20H28IN3O3. The second kappa shape index (κ2) is 11.2. The third-order valence-electron chi connectivity index (χ3n) is 4.57. The summed E-state index contributed by atoms with van der Waals surface area (Å²) in [5.41, 5.74) is 1.13. The van der Waals surface area contributed by atoms with Crippen molar-refractivity contribution in [3.05, 3.63) is 54.0 Å². The number of hydrogen-bond acceptors (Lipinski definition) is 4. The number of aliphatic imine (C=N–C) groups is 1. The molecule has 0 amide bonds. The summed E-state index contributed by atoms with van der Waals surface area (Å²) in [5, 5.41) is 13.2. The molecule has 1 aromatic heterocycles. The zero-order valence-corrected chi connectivity index (χ0v) is 18.0. The fourth-order valence-electron chi connectivity index (χ4n) is 2.99. The highest BCUT2D eigenvalue weighted by Gasteiger charge is 2.19. The van der Waals surface area contributed by atoms with Crippen molar-refractivity contribution >= 4 is 29.9 Å². The van der Waals surface area contributed by atoms with Gasteiger partial charge in [-0.05, 0) is 42.7 Å². The summed E-state index contributed by atoms with van der Waals surface area (Å²) < 4.78 is 10.6. The zero-order valence-electron chi connectivity index (χ0n) is 15.6. The summed E-state index contributed by atoms with van der Waals surface area (Å²) in [6.07, 6.45) is 3.87. The molecule has 0 radical (unpaired) electrons. The molecule has 1 aromatic carbocycles. The maximum Gasteiger partial charge on any atom is 0.194 e. The number of halogens is 1. The largest absolute Gasteiger partial charge is 0.497 e. The Balaban J connectivity index is 0.00000261. The summed E-state index contributed by atoms with van der Waals surface area (Å²) in [6.45, 7) is 2.99. The van der Waals surface area contributed by atoms with Crippen LogP contribution in [-0.4, -0.2) is 48.8 Å². The van der Waals surface area contributed by atoms with Crippen molar-refractivity contribution in [2.45, 2.75) is 31.9 Å². The number of nitrogens with zero attached hydrogens (tertiary/aromatic N) is 2. The molecule has 1 fully saturated rings. The van der Waals surface area contributed by atoms with Gasteiger partial charge >= 0.3 is 0 Å². The van der Waals surface area contributed by atoms with Gasteiger partial charge in [0.15, 0.2) is 5.96 Å². The van der Waals surface area contributed by atoms with E-state index in [4.69, 9.17) is 14.1 Å². The number of aliphatic hydroxyl groups is 1. The van der Waals surface area contributed by atoms with Gasteiger partial charge in [-0.1, -0.05) is 12.1 Å². The molecule has 0 saturated carbocycles. The van der Waals surface area contributed by atoms with Crippen LogP contribution in [0.4, 0.5) is 0 Å². The Morgan fingerprint density at radius 2 is 2.00 bits per heavy atom. The van der Waals surface area contributed by atoms with Crippen LogP contribution < -0.4 is 10.1 Å². The molecule has 3 rings (SSSR count). The fraction of sp³-hybridized carbons (Fsp3) is 0.450. The Labute approximate surface area is 177 Å². The van der Waals surface area contributed by atoms with Gasteiger partial charge in [0.2, 0.25) is 0 Å². The zero-order chi connectivity index (χ0) is 18.2. The summed E-state index contributed by atoms with van der Waals surface area (Å²) in [7, 11) is 1.67. The van der Waals surface area contributed by atoms with Crippen molar-refractivity contribution in [1.29, 1.82) is 0 Å². The number of piperidine rings is 1. The lowest BCUT2D eigenvalue weighted by atomic mass is 10.1. The second-order valence-corrected chi connectivity index (χ2v) is 6.46. The minimum absolute atomic E-state index is 0. The minimum atomic E-state index is -0.197. The van der Waals surface area contributed by atoms with Crippen molar-refractivity contribution in [3.8, 4) is 5.75 Å². The lowest BCUT2D eigenvalue weighted by Gasteiger charge is -2.32. The van der Waals surface area contributed by atoms with Crippen LogP contribution in [-0.2, 0) is 13.0 Å². The van der Waals surface area contributed by atoms with Crippen LogP contribution in [0.15, 0.2) is 52.1 Å². The number of aliphatic hydroxyl groups excluding tert-OH is 1. The van der Waals surface area contributed by atoms with Gasteiger partial charge in [-0.15, -0.1) is 24.0 Å². The Morgan fingerprint density at radius 1 is 1.26 bits per heavy atom. The molecule has 1 saturated heterocycles. The number of nitrogens with one attached hydrogen (secondary N) is 1. The van der Waals surface area contributed by atoms with Crippen LogP contribution in [0.3, 0.4) is 0 Å². The van der Waals surface area contributed by atoms with E-state index in [0.717, 1.165) is 61.9 Å². The average Bonchev–Trinajstić information content (AvgIpc) is 3.19. The van der Waals surface area contributed by atoms with Crippen LogP contribution in [0.25, 0.3) is 0 Å². The Morgan fingerprint density at radius 3 is 2.63 bits per heavy atom. The summed E-state index contributed by atoms with van der Waals surface area (Å²) in [6, 6.07) is 11.8. The molecule has 0 atom stereocenters. The molecule has 1 aliphatic rings. The first kappa shape index (κ1) is 21.6. The van der Waals surface area contributed by atoms with Crippen molar-refractivity contribution in [1.82, 2.24) is 10.2 Å². The minimum Gasteiger partial charge on any atom is -0.497 e. The first-order chi connectivity index (χ1) is 12.7. The van der Waals surface area contributed by atoms with Crippen LogP contribution in [0, 0.1) is 0 Å². The predicted octanol–water partition coefficient (Wildman–Crippen LogP) is 3.05. The van der Waals surface area contributed by atoms with E-state index in [2.05, 4.69) is 10.2 Å². The van der Waals surface area contributed by atoms with E-state index in [0.29, 0.717) is 6.54 Å². The SMILES string of the molecule is COc1ccc(CN=C(NCCc2ccco2)N2CCC(O)CC2)cc1.I. The van der Waals surface area contributed by atoms with E-state index in [9.17, 15) is 5.11 Å². The van der Waals surface area contributed by atoms with Crippen molar-refractivity contribution in [2.75, 3.05) is 26.7 Å². The predicted molar refractivity (Wildman–Crippen MR) is 117 cm³/mol. The third kappa shape index (κ3) is 6.73. The quantitative estimate of drug-likeness (QED) is 0.374. The Hall–Kier alpha value is -1.74. The topological polar surface area (TPSA) is 70.2 Å². The first-order valence-corrected chi connectivity index (χ1v) is 9.11. The number of rotatable bonds is 6. The van der Waals surface area contributed by atoms with E-state index in [-0.39, 0.29) is 30.1 Å². The van der Waals surface area contributed by atoms with Crippen molar-refractivity contribution in [3.63, 3.8) is 0 Å². The van der Waals surface area contributed by atoms with E-state index < -0.39 is 0 Å². The number of guanidine groups is 1. The van der Waals surface area contributed by atoms with Crippen LogP contribution in [0.1, 0.15) is 24.2 Å². The second-order valence-electron chi connectivity index (χ2n) is 6.46. The van der Waals surface area contributed by atoms with Gasteiger partial charge in [-0.25, -0.2) is 4.99 Å². The van der Waals surface area contributed by atoms with Gasteiger partial charge in [0, 0.05) is 26.1 Å².